The first kappa shape index (κ1) is 19.9. The van der Waals surface area contributed by atoms with E-state index in [4.69, 9.17) is 4.52 Å². The Morgan fingerprint density at radius 1 is 1.10 bits per heavy atom. The van der Waals surface area contributed by atoms with Crippen LogP contribution < -0.4 is 0 Å². The van der Waals surface area contributed by atoms with Gasteiger partial charge >= 0.3 is 0 Å². The molecule has 1 fully saturated rings. The fourth-order valence-electron chi connectivity index (χ4n) is 3.98. The monoisotopic (exact) mass is 479 g/mol. The van der Waals surface area contributed by atoms with E-state index < -0.39 is 0 Å². The van der Waals surface area contributed by atoms with E-state index in [0.29, 0.717) is 24.7 Å². The number of carbonyl (C=O) groups excluding carboxylic acids is 1. The molecule has 0 atom stereocenters. The number of amides is 1. The molecule has 2 aromatic heterocycles. The van der Waals surface area contributed by atoms with Gasteiger partial charge in [-0.25, -0.2) is 4.98 Å². The fraction of sp³-hybridized carbons (Fsp3) is 0.304. The topological polar surface area (TPSA) is 77.0 Å². The van der Waals surface area contributed by atoms with Crippen molar-refractivity contribution in [2.24, 2.45) is 0 Å². The van der Waals surface area contributed by atoms with Gasteiger partial charge in [-0.1, -0.05) is 17.3 Å². The molecule has 0 N–H and O–H groups in total. The minimum Gasteiger partial charge on any atom is -0.343 e. The molecule has 158 valence electrons. The van der Waals surface area contributed by atoms with Gasteiger partial charge in [-0.05, 0) is 65.5 Å². The maximum Gasteiger partial charge on any atom is 0.259 e. The lowest BCUT2D eigenvalue weighted by Gasteiger charge is -2.26. The third kappa shape index (κ3) is 4.12. The number of hydrogen-bond acceptors (Lipinski definition) is 5. The number of benzene rings is 2. The van der Waals surface area contributed by atoms with Crippen molar-refractivity contribution in [3.8, 4) is 22.8 Å². The van der Waals surface area contributed by atoms with Crippen LogP contribution in [0.25, 0.3) is 33.9 Å². The predicted octanol–water partition coefficient (Wildman–Crippen LogP) is 4.92. The molecule has 0 unspecified atom stereocenters. The third-order valence-corrected chi connectivity index (χ3v) is 6.38. The summed E-state index contributed by atoms with van der Waals surface area (Å²) in [7, 11) is 0. The first-order valence-corrected chi connectivity index (χ1v) is 11.3. The number of rotatable bonds is 5. The SMILES string of the molecule is O=C(CCn1cnc2cc(-c3noc(-c4ccccc4Br)n3)ccc21)N1CCCCC1. The zero-order valence-corrected chi connectivity index (χ0v) is 18.6. The van der Waals surface area contributed by atoms with Gasteiger partial charge in [0, 0.05) is 36.1 Å². The number of halogens is 1. The average Bonchev–Trinajstić information content (AvgIpc) is 3.45. The van der Waals surface area contributed by atoms with Gasteiger partial charge < -0.3 is 14.0 Å². The zero-order chi connectivity index (χ0) is 21.2. The molecule has 1 aliphatic rings. The van der Waals surface area contributed by atoms with E-state index >= 15 is 0 Å². The summed E-state index contributed by atoms with van der Waals surface area (Å²) in [6.45, 7) is 2.40. The van der Waals surface area contributed by atoms with Crippen molar-refractivity contribution in [2.75, 3.05) is 13.1 Å². The van der Waals surface area contributed by atoms with E-state index in [9.17, 15) is 4.79 Å². The Labute approximate surface area is 188 Å². The van der Waals surface area contributed by atoms with Crippen LogP contribution in [0.15, 0.2) is 57.8 Å². The van der Waals surface area contributed by atoms with E-state index in [0.717, 1.165) is 52.6 Å². The summed E-state index contributed by atoms with van der Waals surface area (Å²) in [5.41, 5.74) is 3.52. The molecular formula is C23H22BrN5O2. The first-order chi connectivity index (χ1) is 15.2. The smallest absolute Gasteiger partial charge is 0.259 e. The van der Waals surface area contributed by atoms with Gasteiger partial charge in [-0.3, -0.25) is 4.79 Å². The summed E-state index contributed by atoms with van der Waals surface area (Å²) in [4.78, 5) is 23.5. The van der Waals surface area contributed by atoms with Gasteiger partial charge in [-0.15, -0.1) is 0 Å². The number of piperidine rings is 1. The lowest BCUT2D eigenvalue weighted by atomic mass is 10.1. The highest BCUT2D eigenvalue weighted by atomic mass is 79.9. The largest absolute Gasteiger partial charge is 0.343 e. The Kier molecular flexibility index (Phi) is 5.55. The highest BCUT2D eigenvalue weighted by Gasteiger charge is 2.17. The second kappa shape index (κ2) is 8.63. The zero-order valence-electron chi connectivity index (χ0n) is 17.0. The summed E-state index contributed by atoms with van der Waals surface area (Å²) < 4.78 is 8.40. The predicted molar refractivity (Wildman–Crippen MR) is 121 cm³/mol. The van der Waals surface area contributed by atoms with Crippen LogP contribution in [0, 0.1) is 0 Å². The molecule has 1 saturated heterocycles. The van der Waals surface area contributed by atoms with Crippen molar-refractivity contribution in [3.63, 3.8) is 0 Å². The summed E-state index contributed by atoms with van der Waals surface area (Å²) >= 11 is 3.52. The molecule has 5 rings (SSSR count). The Balaban J connectivity index is 1.33. The number of hydrogen-bond donors (Lipinski definition) is 0. The van der Waals surface area contributed by atoms with Crippen molar-refractivity contribution in [1.82, 2.24) is 24.6 Å². The summed E-state index contributed by atoms with van der Waals surface area (Å²) in [6, 6.07) is 13.6. The number of aromatic nitrogens is 4. The van der Waals surface area contributed by atoms with E-state index in [1.807, 2.05) is 51.9 Å². The van der Waals surface area contributed by atoms with Gasteiger partial charge in [0.1, 0.15) is 0 Å². The second-order valence-corrected chi connectivity index (χ2v) is 8.59. The van der Waals surface area contributed by atoms with Crippen LogP contribution in [0.3, 0.4) is 0 Å². The molecule has 1 aliphatic heterocycles. The highest BCUT2D eigenvalue weighted by Crippen LogP contribution is 2.29. The first-order valence-electron chi connectivity index (χ1n) is 10.5. The fourth-order valence-corrected chi connectivity index (χ4v) is 4.44. The van der Waals surface area contributed by atoms with Crippen molar-refractivity contribution in [1.29, 1.82) is 0 Å². The van der Waals surface area contributed by atoms with Crippen LogP contribution in [0.4, 0.5) is 0 Å². The maximum absolute atomic E-state index is 12.5. The van der Waals surface area contributed by atoms with Gasteiger partial charge in [0.15, 0.2) is 0 Å². The standard InChI is InChI=1S/C23H22BrN5O2/c24-18-7-3-2-6-17(18)23-26-22(27-31-23)16-8-9-20-19(14-16)25-15-29(20)13-10-21(30)28-11-4-1-5-12-28/h2-3,6-9,14-15H,1,4-5,10-13H2. The van der Waals surface area contributed by atoms with Crippen LogP contribution in [-0.2, 0) is 11.3 Å². The summed E-state index contributed by atoms with van der Waals surface area (Å²) in [6.07, 6.45) is 5.74. The minimum atomic E-state index is 0.226. The van der Waals surface area contributed by atoms with Crippen LogP contribution in [0.1, 0.15) is 25.7 Å². The van der Waals surface area contributed by atoms with Crippen molar-refractivity contribution in [3.05, 3.63) is 53.3 Å². The molecular weight excluding hydrogens is 458 g/mol. The normalized spacial score (nSPS) is 14.3. The molecule has 0 spiro atoms. The molecule has 8 heteroatoms. The Hall–Kier alpha value is -3.00. The van der Waals surface area contributed by atoms with Gasteiger partial charge in [0.2, 0.25) is 11.7 Å². The summed E-state index contributed by atoms with van der Waals surface area (Å²) in [5, 5.41) is 4.14. The van der Waals surface area contributed by atoms with E-state index in [1.54, 1.807) is 6.33 Å². The minimum absolute atomic E-state index is 0.226. The van der Waals surface area contributed by atoms with Gasteiger partial charge in [0.25, 0.3) is 5.89 Å². The van der Waals surface area contributed by atoms with Crippen molar-refractivity contribution < 1.29 is 9.32 Å². The number of fused-ring (bicyclic) bond motifs is 1. The van der Waals surface area contributed by atoms with Gasteiger partial charge in [-0.2, -0.15) is 4.98 Å². The molecule has 4 aromatic rings. The number of carbonyl (C=O) groups is 1. The summed E-state index contributed by atoms with van der Waals surface area (Å²) in [5.74, 6) is 1.20. The molecule has 31 heavy (non-hydrogen) atoms. The van der Waals surface area contributed by atoms with Crippen molar-refractivity contribution in [2.45, 2.75) is 32.2 Å². The highest BCUT2D eigenvalue weighted by molar-refractivity contribution is 9.10. The Morgan fingerprint density at radius 2 is 1.94 bits per heavy atom. The molecule has 0 radical (unpaired) electrons. The van der Waals surface area contributed by atoms with Crippen LogP contribution >= 0.6 is 15.9 Å². The number of likely N-dealkylation sites (tertiary alicyclic amines) is 1. The number of aryl methyl sites for hydroxylation is 1. The molecule has 3 heterocycles. The molecule has 0 bridgehead atoms. The third-order valence-electron chi connectivity index (χ3n) is 5.68. The van der Waals surface area contributed by atoms with Gasteiger partial charge in [0.05, 0.1) is 22.9 Å². The average molecular weight is 480 g/mol. The van der Waals surface area contributed by atoms with E-state index in [2.05, 4.69) is 31.1 Å². The number of imidazole rings is 1. The molecule has 0 aliphatic carbocycles. The molecule has 7 nitrogen and oxygen atoms in total. The quantitative estimate of drug-likeness (QED) is 0.405. The lowest BCUT2D eigenvalue weighted by Crippen LogP contribution is -2.35. The number of nitrogens with zero attached hydrogens (tertiary/aromatic N) is 5. The molecule has 0 saturated carbocycles. The van der Waals surface area contributed by atoms with Crippen LogP contribution in [0.5, 0.6) is 0 Å². The van der Waals surface area contributed by atoms with Crippen LogP contribution in [0.2, 0.25) is 0 Å². The molecule has 2 aromatic carbocycles. The molecule has 1 amide bonds. The lowest BCUT2D eigenvalue weighted by molar-refractivity contribution is -0.132. The van der Waals surface area contributed by atoms with E-state index in [-0.39, 0.29) is 5.91 Å². The second-order valence-electron chi connectivity index (χ2n) is 7.74. The van der Waals surface area contributed by atoms with Crippen molar-refractivity contribution >= 4 is 32.9 Å². The maximum atomic E-state index is 12.5. The van der Waals surface area contributed by atoms with Crippen LogP contribution in [-0.4, -0.2) is 43.6 Å². The Bertz CT molecular complexity index is 1230. The van der Waals surface area contributed by atoms with E-state index in [1.165, 1.54) is 6.42 Å². The Morgan fingerprint density at radius 3 is 2.77 bits per heavy atom.